The van der Waals surface area contributed by atoms with Crippen molar-refractivity contribution < 1.29 is 18.3 Å². The van der Waals surface area contributed by atoms with Crippen LogP contribution in [0, 0.1) is 6.92 Å². The summed E-state index contributed by atoms with van der Waals surface area (Å²) in [5.74, 6) is -0.973. The first-order valence-electron chi connectivity index (χ1n) is 8.49. The second-order valence-corrected chi connectivity index (χ2v) is 8.32. The molecular weight excluding hydrogens is 352 g/mol. The van der Waals surface area contributed by atoms with Crippen LogP contribution in [-0.4, -0.2) is 50.0 Å². The molecule has 3 rings (SSSR count). The first-order chi connectivity index (χ1) is 12.4. The quantitative estimate of drug-likeness (QED) is 0.867. The number of anilines is 1. The van der Waals surface area contributed by atoms with Crippen molar-refractivity contribution in [3.63, 3.8) is 0 Å². The number of carbonyl (C=O) groups is 1. The lowest BCUT2D eigenvalue weighted by atomic mass is 10.1. The van der Waals surface area contributed by atoms with E-state index in [4.69, 9.17) is 5.11 Å². The maximum Gasteiger partial charge on any atom is 0.307 e. The van der Waals surface area contributed by atoms with E-state index in [0.29, 0.717) is 31.7 Å². The van der Waals surface area contributed by atoms with Gasteiger partial charge in [0.05, 0.1) is 11.3 Å². The van der Waals surface area contributed by atoms with Gasteiger partial charge in [0.1, 0.15) is 0 Å². The molecule has 0 bridgehead atoms. The van der Waals surface area contributed by atoms with Gasteiger partial charge in [-0.2, -0.15) is 4.31 Å². The zero-order valence-electron chi connectivity index (χ0n) is 14.6. The van der Waals surface area contributed by atoms with Crippen LogP contribution >= 0.6 is 0 Å². The van der Waals surface area contributed by atoms with Crippen molar-refractivity contribution >= 4 is 21.7 Å². The second-order valence-electron chi connectivity index (χ2n) is 6.39. The van der Waals surface area contributed by atoms with Gasteiger partial charge in [0.2, 0.25) is 10.0 Å². The number of benzene rings is 2. The van der Waals surface area contributed by atoms with Crippen LogP contribution in [0.25, 0.3) is 0 Å². The van der Waals surface area contributed by atoms with E-state index < -0.39 is 16.0 Å². The number of hydrogen-bond donors (Lipinski definition) is 1. The Balaban J connectivity index is 1.76. The molecule has 0 unspecified atom stereocenters. The van der Waals surface area contributed by atoms with Gasteiger partial charge >= 0.3 is 5.97 Å². The van der Waals surface area contributed by atoms with Gasteiger partial charge in [-0.1, -0.05) is 24.3 Å². The second kappa shape index (κ2) is 7.47. The standard InChI is InChI=1S/C19H22N2O4S/c1-15-7-8-18(13-16(15)14-19(22)23)26(24,25)21-11-9-20(10-12-21)17-5-3-2-4-6-17/h2-8,13H,9-12,14H2,1H3,(H,22,23). The van der Waals surface area contributed by atoms with Crippen molar-refractivity contribution in [2.75, 3.05) is 31.1 Å². The van der Waals surface area contributed by atoms with Gasteiger partial charge in [-0.05, 0) is 42.3 Å². The molecule has 1 fully saturated rings. The van der Waals surface area contributed by atoms with Gasteiger partial charge in [-0.3, -0.25) is 4.79 Å². The molecule has 26 heavy (non-hydrogen) atoms. The van der Waals surface area contributed by atoms with Crippen molar-refractivity contribution in [3.05, 3.63) is 59.7 Å². The minimum absolute atomic E-state index is 0.160. The summed E-state index contributed by atoms with van der Waals surface area (Å²) in [6, 6.07) is 14.6. The van der Waals surface area contributed by atoms with E-state index in [2.05, 4.69) is 4.90 Å². The van der Waals surface area contributed by atoms with E-state index in [0.717, 1.165) is 11.3 Å². The van der Waals surface area contributed by atoms with Gasteiger partial charge in [-0.15, -0.1) is 0 Å². The molecule has 0 spiro atoms. The number of carboxylic acid groups (broad SMARTS) is 1. The highest BCUT2D eigenvalue weighted by Gasteiger charge is 2.29. The molecule has 6 nitrogen and oxygen atoms in total. The topological polar surface area (TPSA) is 77.9 Å². The van der Waals surface area contributed by atoms with E-state index in [1.807, 2.05) is 30.3 Å². The largest absolute Gasteiger partial charge is 0.481 e. The summed E-state index contributed by atoms with van der Waals surface area (Å²) in [5.41, 5.74) is 2.39. The third-order valence-corrected chi connectivity index (χ3v) is 6.55. The number of nitrogens with zero attached hydrogens (tertiary/aromatic N) is 2. The van der Waals surface area contributed by atoms with Crippen molar-refractivity contribution in [2.24, 2.45) is 0 Å². The Morgan fingerprint density at radius 3 is 2.31 bits per heavy atom. The highest BCUT2D eigenvalue weighted by Crippen LogP contribution is 2.23. The third kappa shape index (κ3) is 3.89. The van der Waals surface area contributed by atoms with Crippen molar-refractivity contribution in [1.82, 2.24) is 4.31 Å². The van der Waals surface area contributed by atoms with Crippen LogP contribution < -0.4 is 4.90 Å². The molecule has 1 N–H and O–H groups in total. The molecule has 1 saturated heterocycles. The van der Waals surface area contributed by atoms with Gasteiger partial charge in [-0.25, -0.2) is 8.42 Å². The molecule has 0 amide bonds. The van der Waals surface area contributed by atoms with Gasteiger partial charge in [0.15, 0.2) is 0 Å². The molecule has 0 atom stereocenters. The molecule has 0 aliphatic carbocycles. The van der Waals surface area contributed by atoms with Gasteiger partial charge in [0.25, 0.3) is 0 Å². The van der Waals surface area contributed by atoms with E-state index in [-0.39, 0.29) is 11.3 Å². The fourth-order valence-corrected chi connectivity index (χ4v) is 4.61. The fraction of sp³-hybridized carbons (Fsp3) is 0.316. The fourth-order valence-electron chi connectivity index (χ4n) is 3.14. The summed E-state index contributed by atoms with van der Waals surface area (Å²) in [4.78, 5) is 13.3. The summed E-state index contributed by atoms with van der Waals surface area (Å²) >= 11 is 0. The average Bonchev–Trinajstić information content (AvgIpc) is 2.64. The summed E-state index contributed by atoms with van der Waals surface area (Å²) in [7, 11) is -3.63. The van der Waals surface area contributed by atoms with E-state index in [1.54, 1.807) is 19.1 Å². The highest BCUT2D eigenvalue weighted by atomic mass is 32.2. The summed E-state index contributed by atoms with van der Waals surface area (Å²) < 4.78 is 27.4. The molecule has 1 aliphatic heterocycles. The maximum absolute atomic E-state index is 12.9. The van der Waals surface area contributed by atoms with Crippen LogP contribution in [0.15, 0.2) is 53.4 Å². The SMILES string of the molecule is Cc1ccc(S(=O)(=O)N2CCN(c3ccccc3)CC2)cc1CC(=O)O. The van der Waals surface area contributed by atoms with Crippen molar-refractivity contribution in [2.45, 2.75) is 18.2 Å². The number of sulfonamides is 1. The van der Waals surface area contributed by atoms with Crippen LogP contribution in [-0.2, 0) is 21.2 Å². The van der Waals surface area contributed by atoms with E-state index in [1.165, 1.54) is 10.4 Å². The molecule has 7 heteroatoms. The molecule has 0 radical (unpaired) electrons. The number of carboxylic acids is 1. The van der Waals surface area contributed by atoms with Crippen molar-refractivity contribution in [1.29, 1.82) is 0 Å². The predicted molar refractivity (Wildman–Crippen MR) is 99.9 cm³/mol. The predicted octanol–water partition coefficient (Wildman–Crippen LogP) is 2.13. The Labute approximate surface area is 153 Å². The third-order valence-electron chi connectivity index (χ3n) is 4.66. The van der Waals surface area contributed by atoms with Gasteiger partial charge in [0, 0.05) is 31.9 Å². The zero-order valence-corrected chi connectivity index (χ0v) is 15.4. The zero-order chi connectivity index (χ0) is 18.7. The normalized spacial score (nSPS) is 15.8. The first-order valence-corrected chi connectivity index (χ1v) is 9.93. The summed E-state index contributed by atoms with van der Waals surface area (Å²) in [6.45, 7) is 3.83. The minimum Gasteiger partial charge on any atom is -0.481 e. The van der Waals surface area contributed by atoms with E-state index >= 15 is 0 Å². The highest BCUT2D eigenvalue weighted by molar-refractivity contribution is 7.89. The summed E-state index contributed by atoms with van der Waals surface area (Å²) in [6.07, 6.45) is -0.184. The Bertz CT molecular complexity index is 889. The van der Waals surface area contributed by atoms with Crippen LogP contribution in [0.4, 0.5) is 5.69 Å². The number of aryl methyl sites for hydroxylation is 1. The molecule has 1 aliphatic rings. The minimum atomic E-state index is -3.63. The van der Waals surface area contributed by atoms with Crippen LogP contribution in [0.5, 0.6) is 0 Å². The van der Waals surface area contributed by atoms with Crippen molar-refractivity contribution in [3.8, 4) is 0 Å². The Hall–Kier alpha value is -2.38. The number of piperazine rings is 1. The maximum atomic E-state index is 12.9. The summed E-state index contributed by atoms with van der Waals surface area (Å²) in [5, 5.41) is 9.01. The molecule has 0 aromatic heterocycles. The lowest BCUT2D eigenvalue weighted by Gasteiger charge is -2.35. The number of para-hydroxylation sites is 1. The number of aliphatic carboxylic acids is 1. The monoisotopic (exact) mass is 374 g/mol. The number of rotatable bonds is 5. The molecule has 2 aromatic carbocycles. The molecule has 1 heterocycles. The first kappa shape index (κ1) is 18.4. The Morgan fingerprint density at radius 2 is 1.69 bits per heavy atom. The smallest absolute Gasteiger partial charge is 0.307 e. The average molecular weight is 374 g/mol. The molecule has 0 saturated carbocycles. The Kier molecular flexibility index (Phi) is 5.29. The Morgan fingerprint density at radius 1 is 1.04 bits per heavy atom. The lowest BCUT2D eigenvalue weighted by Crippen LogP contribution is -2.48. The van der Waals surface area contributed by atoms with Gasteiger partial charge < -0.3 is 10.0 Å². The molecule has 138 valence electrons. The molecule has 2 aromatic rings. The van der Waals surface area contributed by atoms with Crippen LogP contribution in [0.2, 0.25) is 0 Å². The number of hydrogen-bond acceptors (Lipinski definition) is 4. The van der Waals surface area contributed by atoms with Crippen LogP contribution in [0.1, 0.15) is 11.1 Å². The van der Waals surface area contributed by atoms with E-state index in [9.17, 15) is 13.2 Å². The molecular formula is C19H22N2O4S. The lowest BCUT2D eigenvalue weighted by molar-refractivity contribution is -0.136. The van der Waals surface area contributed by atoms with Crippen LogP contribution in [0.3, 0.4) is 0 Å².